The number of hydrogen-bond acceptors (Lipinski definition) is 4. The summed E-state index contributed by atoms with van der Waals surface area (Å²) < 4.78 is 1.97. The average molecular weight is 479 g/mol. The third-order valence-corrected chi connectivity index (χ3v) is 4.01. The van der Waals surface area contributed by atoms with Crippen molar-refractivity contribution in [2.75, 3.05) is 25.5 Å². The van der Waals surface area contributed by atoms with Crippen molar-refractivity contribution >= 4 is 41.3 Å². The zero-order chi connectivity index (χ0) is 18.4. The number of nitrogens with one attached hydrogen (secondary N) is 2. The number of anilines is 1. The number of aromatic nitrogens is 3. The van der Waals surface area contributed by atoms with Crippen molar-refractivity contribution in [2.24, 2.45) is 4.99 Å². The van der Waals surface area contributed by atoms with E-state index in [0.29, 0.717) is 13.1 Å². The quantitative estimate of drug-likeness (QED) is 0.323. The Morgan fingerprint density at radius 3 is 2.56 bits per heavy atom. The minimum atomic E-state index is 0. The van der Waals surface area contributed by atoms with Gasteiger partial charge in [0.05, 0.1) is 13.1 Å². The maximum Gasteiger partial charge on any atom is 0.191 e. The summed E-state index contributed by atoms with van der Waals surface area (Å²) in [5.74, 6) is 1.61. The lowest BCUT2D eigenvalue weighted by atomic mass is 10.2. The zero-order valence-electron chi connectivity index (χ0n) is 15.9. The molecule has 0 atom stereocenters. The van der Waals surface area contributed by atoms with Crippen molar-refractivity contribution in [3.8, 4) is 0 Å². The molecule has 0 bridgehead atoms. The minimum absolute atomic E-state index is 0. The van der Waals surface area contributed by atoms with E-state index in [1.165, 1.54) is 11.3 Å². The van der Waals surface area contributed by atoms with Crippen LogP contribution in [0.1, 0.15) is 18.3 Å². The van der Waals surface area contributed by atoms with E-state index in [9.17, 15) is 0 Å². The van der Waals surface area contributed by atoms with E-state index in [2.05, 4.69) is 61.9 Å². The standard InChI is InChI=1S/C19H25N7.HI/c1-4-20-19(21-13-15-8-10-16(11-9-15)25(2)3)22-14-18-24-23-17-7-5-6-12-26(17)18;/h5-12H,4,13-14H2,1-3H3,(H2,20,21,22);1H. The highest BCUT2D eigenvalue weighted by atomic mass is 127. The molecule has 2 N–H and O–H groups in total. The van der Waals surface area contributed by atoms with Crippen LogP contribution in [0.2, 0.25) is 0 Å². The van der Waals surface area contributed by atoms with E-state index in [0.717, 1.165) is 24.0 Å². The predicted molar refractivity (Wildman–Crippen MR) is 121 cm³/mol. The number of fused-ring (bicyclic) bond motifs is 1. The Bertz CT molecular complexity index is 871. The van der Waals surface area contributed by atoms with E-state index in [4.69, 9.17) is 0 Å². The largest absolute Gasteiger partial charge is 0.378 e. The molecule has 0 saturated carbocycles. The third kappa shape index (κ3) is 5.56. The van der Waals surface area contributed by atoms with Gasteiger partial charge >= 0.3 is 0 Å². The molecule has 0 aliphatic heterocycles. The second kappa shape index (κ2) is 10.1. The summed E-state index contributed by atoms with van der Waals surface area (Å²) in [4.78, 5) is 6.75. The molecule has 0 amide bonds. The van der Waals surface area contributed by atoms with Crippen LogP contribution in [-0.4, -0.2) is 41.2 Å². The lowest BCUT2D eigenvalue weighted by Crippen LogP contribution is -2.37. The SMILES string of the molecule is CCNC(=NCc1ccc(N(C)C)cc1)NCc1nnc2ccccn12.I. The number of guanidine groups is 1. The Morgan fingerprint density at radius 1 is 1.07 bits per heavy atom. The van der Waals surface area contributed by atoms with Crippen LogP contribution >= 0.6 is 24.0 Å². The molecule has 1 aromatic carbocycles. The lowest BCUT2D eigenvalue weighted by Gasteiger charge is -2.13. The minimum Gasteiger partial charge on any atom is -0.378 e. The molecule has 0 fully saturated rings. The average Bonchev–Trinajstić information content (AvgIpc) is 3.07. The number of pyridine rings is 1. The third-order valence-electron chi connectivity index (χ3n) is 4.01. The molecule has 2 heterocycles. The summed E-state index contributed by atoms with van der Waals surface area (Å²) in [5, 5.41) is 15.0. The molecule has 3 aromatic rings. The maximum atomic E-state index is 4.66. The molecule has 2 aromatic heterocycles. The molecule has 0 aliphatic carbocycles. The van der Waals surface area contributed by atoms with Crippen molar-refractivity contribution in [3.63, 3.8) is 0 Å². The van der Waals surface area contributed by atoms with Crippen LogP contribution in [0, 0.1) is 0 Å². The van der Waals surface area contributed by atoms with Crippen LogP contribution in [0.3, 0.4) is 0 Å². The van der Waals surface area contributed by atoms with Gasteiger partial charge in [-0.2, -0.15) is 0 Å². The molecule has 0 radical (unpaired) electrons. The number of hydrogen-bond donors (Lipinski definition) is 2. The number of aliphatic imine (C=N–C) groups is 1. The first-order valence-corrected chi connectivity index (χ1v) is 8.74. The summed E-state index contributed by atoms with van der Waals surface area (Å²) in [6.07, 6.45) is 1.96. The molecule has 27 heavy (non-hydrogen) atoms. The van der Waals surface area contributed by atoms with Gasteiger partial charge in [0.15, 0.2) is 17.4 Å². The van der Waals surface area contributed by atoms with Gasteiger partial charge in [-0.3, -0.25) is 4.40 Å². The fourth-order valence-electron chi connectivity index (χ4n) is 2.59. The lowest BCUT2D eigenvalue weighted by molar-refractivity contribution is 0.765. The number of rotatable bonds is 6. The van der Waals surface area contributed by atoms with Gasteiger partial charge in [0.2, 0.25) is 0 Å². The van der Waals surface area contributed by atoms with Crippen LogP contribution in [0.25, 0.3) is 5.65 Å². The van der Waals surface area contributed by atoms with E-state index in [1.807, 2.05) is 42.9 Å². The smallest absolute Gasteiger partial charge is 0.191 e. The fourth-order valence-corrected chi connectivity index (χ4v) is 2.59. The van der Waals surface area contributed by atoms with Crippen LogP contribution in [0.15, 0.2) is 53.7 Å². The van der Waals surface area contributed by atoms with Crippen molar-refractivity contribution in [1.29, 1.82) is 0 Å². The second-order valence-electron chi connectivity index (χ2n) is 6.15. The molecule has 0 unspecified atom stereocenters. The first-order valence-electron chi connectivity index (χ1n) is 8.74. The van der Waals surface area contributed by atoms with Gasteiger partial charge < -0.3 is 15.5 Å². The molecule has 0 saturated heterocycles. The number of halogens is 1. The normalized spacial score (nSPS) is 11.1. The van der Waals surface area contributed by atoms with Gasteiger partial charge in [0.1, 0.15) is 0 Å². The summed E-state index contributed by atoms with van der Waals surface area (Å²) in [7, 11) is 4.07. The van der Waals surface area contributed by atoms with Crippen molar-refractivity contribution < 1.29 is 0 Å². The molecule has 0 aliphatic rings. The molecular weight excluding hydrogens is 453 g/mol. The Labute approximate surface area is 176 Å². The Hall–Kier alpha value is -2.36. The van der Waals surface area contributed by atoms with Crippen LogP contribution in [-0.2, 0) is 13.1 Å². The topological polar surface area (TPSA) is 69.8 Å². The van der Waals surface area contributed by atoms with Crippen LogP contribution < -0.4 is 15.5 Å². The van der Waals surface area contributed by atoms with Gasteiger partial charge in [-0.25, -0.2) is 4.99 Å². The highest BCUT2D eigenvalue weighted by molar-refractivity contribution is 14.0. The fraction of sp³-hybridized carbons (Fsp3) is 0.316. The molecule has 0 spiro atoms. The van der Waals surface area contributed by atoms with Gasteiger partial charge in [0.25, 0.3) is 0 Å². The van der Waals surface area contributed by atoms with Crippen LogP contribution in [0.5, 0.6) is 0 Å². The predicted octanol–water partition coefficient (Wildman–Crippen LogP) is 2.67. The molecule has 3 rings (SSSR count). The van der Waals surface area contributed by atoms with Crippen LogP contribution in [0.4, 0.5) is 5.69 Å². The van der Waals surface area contributed by atoms with E-state index in [-0.39, 0.29) is 24.0 Å². The van der Waals surface area contributed by atoms with Crippen molar-refractivity contribution in [3.05, 3.63) is 60.0 Å². The van der Waals surface area contributed by atoms with E-state index in [1.54, 1.807) is 0 Å². The zero-order valence-corrected chi connectivity index (χ0v) is 18.2. The van der Waals surface area contributed by atoms with E-state index >= 15 is 0 Å². The van der Waals surface area contributed by atoms with Crippen molar-refractivity contribution in [2.45, 2.75) is 20.0 Å². The summed E-state index contributed by atoms with van der Waals surface area (Å²) >= 11 is 0. The van der Waals surface area contributed by atoms with Gasteiger partial charge in [-0.15, -0.1) is 34.2 Å². The van der Waals surface area contributed by atoms with Gasteiger partial charge in [0, 0.05) is 32.5 Å². The highest BCUT2D eigenvalue weighted by Crippen LogP contribution is 2.12. The number of nitrogens with zero attached hydrogens (tertiary/aromatic N) is 5. The van der Waals surface area contributed by atoms with Gasteiger partial charge in [-0.1, -0.05) is 18.2 Å². The summed E-state index contributed by atoms with van der Waals surface area (Å²) in [6, 6.07) is 14.3. The highest BCUT2D eigenvalue weighted by Gasteiger charge is 2.05. The summed E-state index contributed by atoms with van der Waals surface area (Å²) in [6.45, 7) is 4.02. The Balaban J connectivity index is 0.00000261. The Kier molecular flexibility index (Phi) is 7.83. The molecule has 7 nitrogen and oxygen atoms in total. The molecule has 8 heteroatoms. The van der Waals surface area contributed by atoms with E-state index < -0.39 is 0 Å². The first-order chi connectivity index (χ1) is 12.7. The molecular formula is C19H26IN7. The van der Waals surface area contributed by atoms with Gasteiger partial charge in [-0.05, 0) is 36.8 Å². The number of benzene rings is 1. The van der Waals surface area contributed by atoms with Crippen molar-refractivity contribution in [1.82, 2.24) is 25.2 Å². The summed E-state index contributed by atoms with van der Waals surface area (Å²) in [5.41, 5.74) is 3.19. The first kappa shape index (κ1) is 20.9. The Morgan fingerprint density at radius 2 is 1.85 bits per heavy atom. The monoisotopic (exact) mass is 479 g/mol. The maximum absolute atomic E-state index is 4.66. The molecule has 144 valence electrons. The second-order valence-corrected chi connectivity index (χ2v) is 6.15.